The van der Waals surface area contributed by atoms with Crippen LogP contribution in [-0.4, -0.2) is 40.9 Å². The maximum atomic E-state index is 11.9. The van der Waals surface area contributed by atoms with Gasteiger partial charge in [-0.3, -0.25) is 4.79 Å². The van der Waals surface area contributed by atoms with E-state index in [2.05, 4.69) is 4.98 Å². The van der Waals surface area contributed by atoms with E-state index in [4.69, 9.17) is 5.73 Å². The van der Waals surface area contributed by atoms with Crippen LogP contribution in [-0.2, 0) is 0 Å². The molecule has 6 heteroatoms. The molecule has 0 spiro atoms. The minimum atomic E-state index is -0.0653. The van der Waals surface area contributed by atoms with Crippen molar-refractivity contribution in [3.05, 3.63) is 11.1 Å². The minimum absolute atomic E-state index is 0.0653. The van der Waals surface area contributed by atoms with Gasteiger partial charge in [0.1, 0.15) is 5.69 Å². The molecule has 0 bridgehead atoms. The van der Waals surface area contributed by atoms with E-state index in [-0.39, 0.29) is 11.9 Å². The minimum Gasteiger partial charge on any atom is -0.375 e. The Balaban J connectivity index is 2.68. The van der Waals surface area contributed by atoms with Gasteiger partial charge in [0.05, 0.1) is 0 Å². The summed E-state index contributed by atoms with van der Waals surface area (Å²) < 4.78 is 0. The summed E-state index contributed by atoms with van der Waals surface area (Å²) in [4.78, 5) is 17.6. The molecule has 0 aliphatic carbocycles. The molecule has 1 amide bonds. The Bertz CT molecular complexity index is 340. The van der Waals surface area contributed by atoms with Gasteiger partial charge < -0.3 is 10.6 Å². The van der Waals surface area contributed by atoms with Crippen molar-refractivity contribution in [3.8, 4) is 0 Å². The summed E-state index contributed by atoms with van der Waals surface area (Å²) in [6.45, 7) is 2.02. The summed E-state index contributed by atoms with van der Waals surface area (Å²) in [5.74, 6) is 0.853. The molecule has 0 aliphatic rings. The maximum absolute atomic E-state index is 11.9. The number of thiazole rings is 1. The van der Waals surface area contributed by atoms with Crippen LogP contribution in [0.2, 0.25) is 0 Å². The number of thioether (sulfide) groups is 1. The normalized spacial score (nSPS) is 12.5. The molecule has 0 saturated heterocycles. The Morgan fingerprint density at radius 1 is 1.80 bits per heavy atom. The van der Waals surface area contributed by atoms with Crippen LogP contribution < -0.4 is 5.73 Å². The number of hydrogen-bond acceptors (Lipinski definition) is 5. The number of rotatable bonds is 4. The molecule has 1 aromatic rings. The molecule has 1 heterocycles. The van der Waals surface area contributed by atoms with Crippen LogP contribution in [0.3, 0.4) is 0 Å². The van der Waals surface area contributed by atoms with Crippen molar-refractivity contribution in [3.63, 3.8) is 0 Å². The number of carbonyl (C=O) groups is 1. The standard InChI is InChI=1S/C9H15N3OS2/c1-6(4-14-3)12(2)8(13)7-5-15-9(10)11-7/h5-6H,4H2,1-3H3,(H2,10,11). The Morgan fingerprint density at radius 3 is 2.93 bits per heavy atom. The fraction of sp³-hybridized carbons (Fsp3) is 0.556. The molecule has 1 aromatic heterocycles. The summed E-state index contributed by atoms with van der Waals surface area (Å²) in [7, 11) is 1.79. The fourth-order valence-corrected chi connectivity index (χ4v) is 2.36. The first-order valence-electron chi connectivity index (χ1n) is 4.53. The molecule has 15 heavy (non-hydrogen) atoms. The third-order valence-corrected chi connectivity index (χ3v) is 3.62. The highest BCUT2D eigenvalue weighted by molar-refractivity contribution is 7.98. The summed E-state index contributed by atoms with van der Waals surface area (Å²) >= 11 is 3.01. The SMILES string of the molecule is CSCC(C)N(C)C(=O)c1csc(N)n1. The van der Waals surface area contributed by atoms with Crippen LogP contribution in [0.5, 0.6) is 0 Å². The number of hydrogen-bond donors (Lipinski definition) is 1. The van der Waals surface area contributed by atoms with Crippen molar-refractivity contribution < 1.29 is 4.79 Å². The van der Waals surface area contributed by atoms with Gasteiger partial charge >= 0.3 is 0 Å². The van der Waals surface area contributed by atoms with Crippen molar-refractivity contribution in [2.45, 2.75) is 13.0 Å². The smallest absolute Gasteiger partial charge is 0.273 e. The van der Waals surface area contributed by atoms with Gasteiger partial charge in [-0.2, -0.15) is 11.8 Å². The third kappa shape index (κ3) is 3.10. The second kappa shape index (κ2) is 5.37. The zero-order valence-corrected chi connectivity index (χ0v) is 10.7. The highest BCUT2D eigenvalue weighted by Gasteiger charge is 2.19. The average Bonchev–Trinajstić information content (AvgIpc) is 2.63. The first-order chi connectivity index (χ1) is 7.06. The van der Waals surface area contributed by atoms with E-state index in [1.54, 1.807) is 29.1 Å². The molecule has 0 aromatic carbocycles. The topological polar surface area (TPSA) is 59.2 Å². The third-order valence-electron chi connectivity index (χ3n) is 2.13. The highest BCUT2D eigenvalue weighted by atomic mass is 32.2. The Kier molecular flexibility index (Phi) is 4.41. The average molecular weight is 245 g/mol. The van der Waals surface area contributed by atoms with Crippen molar-refractivity contribution in [1.82, 2.24) is 9.88 Å². The lowest BCUT2D eigenvalue weighted by Crippen LogP contribution is -2.36. The molecule has 1 atom stereocenters. The van der Waals surface area contributed by atoms with E-state index in [1.165, 1.54) is 11.3 Å². The number of amides is 1. The van der Waals surface area contributed by atoms with Crippen LogP contribution in [0, 0.1) is 0 Å². The van der Waals surface area contributed by atoms with E-state index in [0.717, 1.165) is 5.75 Å². The largest absolute Gasteiger partial charge is 0.375 e. The Labute approximate surface area is 97.9 Å². The molecule has 0 aliphatic heterocycles. The predicted octanol–water partition coefficient (Wildman–Crippen LogP) is 1.55. The van der Waals surface area contributed by atoms with Gasteiger partial charge in [0.2, 0.25) is 0 Å². The highest BCUT2D eigenvalue weighted by Crippen LogP contribution is 2.14. The first kappa shape index (κ1) is 12.3. The van der Waals surface area contributed by atoms with E-state index in [9.17, 15) is 4.79 Å². The molecule has 84 valence electrons. The van der Waals surface area contributed by atoms with Gasteiger partial charge in [0, 0.05) is 24.2 Å². The molecule has 0 saturated carbocycles. The van der Waals surface area contributed by atoms with Crippen LogP contribution in [0.4, 0.5) is 5.13 Å². The van der Waals surface area contributed by atoms with Gasteiger partial charge in [0.15, 0.2) is 5.13 Å². The zero-order valence-electron chi connectivity index (χ0n) is 9.06. The summed E-state index contributed by atoms with van der Waals surface area (Å²) in [5.41, 5.74) is 5.92. The van der Waals surface area contributed by atoms with Crippen molar-refractivity contribution in [1.29, 1.82) is 0 Å². The molecular formula is C9H15N3OS2. The number of aromatic nitrogens is 1. The first-order valence-corrected chi connectivity index (χ1v) is 6.80. The summed E-state index contributed by atoms with van der Waals surface area (Å²) in [6, 6.07) is 0.204. The second-order valence-corrected chi connectivity index (χ2v) is 5.09. The Morgan fingerprint density at radius 2 is 2.47 bits per heavy atom. The van der Waals surface area contributed by atoms with Crippen molar-refractivity contribution in [2.75, 3.05) is 24.8 Å². The number of nitrogens with two attached hydrogens (primary N) is 1. The second-order valence-electron chi connectivity index (χ2n) is 3.29. The van der Waals surface area contributed by atoms with Gasteiger partial charge in [-0.1, -0.05) is 0 Å². The molecule has 1 unspecified atom stereocenters. The van der Waals surface area contributed by atoms with E-state index < -0.39 is 0 Å². The molecular weight excluding hydrogens is 230 g/mol. The summed E-state index contributed by atoms with van der Waals surface area (Å²) in [6.07, 6.45) is 2.02. The maximum Gasteiger partial charge on any atom is 0.273 e. The van der Waals surface area contributed by atoms with E-state index in [1.807, 2.05) is 13.2 Å². The number of nitrogens with zero attached hydrogens (tertiary/aromatic N) is 2. The van der Waals surface area contributed by atoms with Crippen molar-refractivity contribution in [2.24, 2.45) is 0 Å². The monoisotopic (exact) mass is 245 g/mol. The van der Waals surface area contributed by atoms with Gasteiger partial charge in [-0.25, -0.2) is 4.98 Å². The molecule has 2 N–H and O–H groups in total. The quantitative estimate of drug-likeness (QED) is 0.874. The van der Waals surface area contributed by atoms with Gasteiger partial charge in [-0.15, -0.1) is 11.3 Å². The molecule has 1 rings (SSSR count). The van der Waals surface area contributed by atoms with E-state index >= 15 is 0 Å². The number of nitrogen functional groups attached to an aromatic ring is 1. The lowest BCUT2D eigenvalue weighted by atomic mass is 10.3. The predicted molar refractivity (Wildman–Crippen MR) is 66.5 cm³/mol. The van der Waals surface area contributed by atoms with Gasteiger partial charge in [0.25, 0.3) is 5.91 Å². The molecule has 0 radical (unpaired) electrons. The lowest BCUT2D eigenvalue weighted by Gasteiger charge is -2.23. The number of carbonyl (C=O) groups excluding carboxylic acids is 1. The van der Waals surface area contributed by atoms with Crippen LogP contribution in [0.15, 0.2) is 5.38 Å². The molecule has 4 nitrogen and oxygen atoms in total. The van der Waals surface area contributed by atoms with Crippen molar-refractivity contribution >= 4 is 34.1 Å². The van der Waals surface area contributed by atoms with E-state index in [0.29, 0.717) is 10.8 Å². The van der Waals surface area contributed by atoms with Crippen LogP contribution in [0.25, 0.3) is 0 Å². The summed E-state index contributed by atoms with van der Waals surface area (Å²) in [5, 5.41) is 2.13. The van der Waals surface area contributed by atoms with Crippen LogP contribution in [0.1, 0.15) is 17.4 Å². The molecule has 0 fully saturated rings. The fourth-order valence-electron chi connectivity index (χ4n) is 1.12. The van der Waals surface area contributed by atoms with Crippen LogP contribution >= 0.6 is 23.1 Å². The zero-order chi connectivity index (χ0) is 11.4. The number of anilines is 1. The van der Waals surface area contributed by atoms with Gasteiger partial charge in [-0.05, 0) is 13.2 Å². The lowest BCUT2D eigenvalue weighted by molar-refractivity contribution is 0.0752. The Hall–Kier alpha value is -0.750.